The molecule has 1 aliphatic carbocycles. The fraction of sp³-hybridized carbons (Fsp3) is 0.333. The number of aliphatic hydroxyl groups is 1. The molecule has 2 atom stereocenters. The summed E-state index contributed by atoms with van der Waals surface area (Å²) in [7, 11) is 0. The van der Waals surface area contributed by atoms with Gasteiger partial charge in [-0.25, -0.2) is 0 Å². The zero-order chi connectivity index (χ0) is 11.9. The maximum atomic E-state index is 10.1. The summed E-state index contributed by atoms with van der Waals surface area (Å²) in [5.74, 6) is 0.246. The Morgan fingerprint density at radius 1 is 1.56 bits per heavy atom. The van der Waals surface area contributed by atoms with E-state index in [1.165, 1.54) is 0 Å². The number of amidine groups is 1. The highest BCUT2D eigenvalue weighted by molar-refractivity contribution is 6.22. The summed E-state index contributed by atoms with van der Waals surface area (Å²) in [5, 5.41) is 17.7. The first-order valence-electron chi connectivity index (χ1n) is 5.19. The number of aliphatic imine (C=N–C) groups is 1. The van der Waals surface area contributed by atoms with E-state index in [1.807, 2.05) is 25.2 Å². The molecule has 0 fully saturated rings. The van der Waals surface area contributed by atoms with Crippen LogP contribution in [-0.4, -0.2) is 22.7 Å². The highest BCUT2D eigenvalue weighted by Crippen LogP contribution is 2.32. The minimum atomic E-state index is -0.174. The van der Waals surface area contributed by atoms with E-state index in [-0.39, 0.29) is 29.3 Å². The van der Waals surface area contributed by atoms with Crippen LogP contribution in [0.3, 0.4) is 0 Å². The van der Waals surface area contributed by atoms with Crippen molar-refractivity contribution in [2.45, 2.75) is 19.9 Å². The number of nitrogens with zero attached hydrogens (tertiary/aromatic N) is 1. The van der Waals surface area contributed by atoms with Gasteiger partial charge in [0, 0.05) is 5.71 Å². The largest absolute Gasteiger partial charge is 0.511 e. The lowest BCUT2D eigenvalue weighted by atomic mass is 9.83. The molecule has 0 saturated carbocycles. The Morgan fingerprint density at radius 2 is 2.25 bits per heavy atom. The van der Waals surface area contributed by atoms with Crippen molar-refractivity contribution in [1.82, 2.24) is 0 Å². The molecule has 0 spiro atoms. The standard InChI is InChI=1S/C12H15N3O/c1-6-4-3-5-8-10(6)15-12(14)9(7(2)13)11(8)16/h3-5,8,10,13,16H,1-2H3,(H2,14,15). The fourth-order valence-electron chi connectivity index (χ4n) is 2.13. The van der Waals surface area contributed by atoms with Gasteiger partial charge in [-0.3, -0.25) is 4.99 Å². The van der Waals surface area contributed by atoms with Crippen molar-refractivity contribution < 1.29 is 5.11 Å². The molecule has 0 amide bonds. The first-order valence-corrected chi connectivity index (χ1v) is 5.19. The second-order valence-electron chi connectivity index (χ2n) is 4.17. The van der Waals surface area contributed by atoms with E-state index in [9.17, 15) is 5.11 Å². The lowest BCUT2D eigenvalue weighted by Gasteiger charge is -2.30. The maximum absolute atomic E-state index is 10.1. The van der Waals surface area contributed by atoms with Crippen molar-refractivity contribution in [1.29, 1.82) is 5.41 Å². The van der Waals surface area contributed by atoms with Crippen LogP contribution in [0.1, 0.15) is 13.8 Å². The number of fused-ring (bicyclic) bond motifs is 1. The molecular weight excluding hydrogens is 202 g/mol. The normalized spacial score (nSPS) is 28.4. The van der Waals surface area contributed by atoms with E-state index in [0.29, 0.717) is 5.57 Å². The van der Waals surface area contributed by atoms with Crippen molar-refractivity contribution in [3.05, 3.63) is 35.1 Å². The summed E-state index contributed by atoms with van der Waals surface area (Å²) >= 11 is 0. The van der Waals surface area contributed by atoms with Crippen LogP contribution in [0.25, 0.3) is 0 Å². The molecule has 0 radical (unpaired) electrons. The zero-order valence-electron chi connectivity index (χ0n) is 9.36. The predicted molar refractivity (Wildman–Crippen MR) is 64.9 cm³/mol. The molecule has 2 rings (SSSR count). The minimum Gasteiger partial charge on any atom is -0.511 e. The average Bonchev–Trinajstić information content (AvgIpc) is 2.19. The molecule has 2 unspecified atom stereocenters. The van der Waals surface area contributed by atoms with Crippen molar-refractivity contribution in [3.63, 3.8) is 0 Å². The number of nitrogens with two attached hydrogens (primary N) is 1. The van der Waals surface area contributed by atoms with Gasteiger partial charge >= 0.3 is 0 Å². The van der Waals surface area contributed by atoms with Crippen LogP contribution in [0, 0.1) is 11.3 Å². The van der Waals surface area contributed by atoms with Gasteiger partial charge in [-0.1, -0.05) is 18.2 Å². The van der Waals surface area contributed by atoms with E-state index < -0.39 is 0 Å². The number of rotatable bonds is 1. The average molecular weight is 217 g/mol. The third kappa shape index (κ3) is 1.46. The molecule has 0 saturated heterocycles. The van der Waals surface area contributed by atoms with Crippen molar-refractivity contribution in [2.24, 2.45) is 16.6 Å². The second kappa shape index (κ2) is 3.63. The summed E-state index contributed by atoms with van der Waals surface area (Å²) in [4.78, 5) is 4.35. The zero-order valence-corrected chi connectivity index (χ0v) is 9.36. The monoisotopic (exact) mass is 217 g/mol. The van der Waals surface area contributed by atoms with Gasteiger partial charge in [0.15, 0.2) is 0 Å². The van der Waals surface area contributed by atoms with Crippen LogP contribution in [-0.2, 0) is 0 Å². The first kappa shape index (κ1) is 10.7. The Kier molecular flexibility index (Phi) is 2.42. The van der Waals surface area contributed by atoms with Gasteiger partial charge in [0.25, 0.3) is 0 Å². The number of aliphatic hydroxyl groups excluding tert-OH is 1. The predicted octanol–water partition coefficient (Wildman–Crippen LogP) is 1.71. The van der Waals surface area contributed by atoms with Crippen molar-refractivity contribution >= 4 is 11.5 Å². The Morgan fingerprint density at radius 3 is 2.88 bits per heavy atom. The second-order valence-corrected chi connectivity index (χ2v) is 4.17. The van der Waals surface area contributed by atoms with Crippen LogP contribution in [0.15, 0.2) is 40.1 Å². The van der Waals surface area contributed by atoms with E-state index in [2.05, 4.69) is 4.99 Å². The van der Waals surface area contributed by atoms with Gasteiger partial charge in [0.1, 0.15) is 11.6 Å². The van der Waals surface area contributed by atoms with Gasteiger partial charge in [0.2, 0.25) is 0 Å². The Bertz CT molecular complexity index is 469. The molecule has 4 N–H and O–H groups in total. The van der Waals surface area contributed by atoms with E-state index in [4.69, 9.17) is 11.1 Å². The molecular formula is C12H15N3O. The Labute approximate surface area is 94.4 Å². The molecule has 16 heavy (non-hydrogen) atoms. The van der Waals surface area contributed by atoms with Crippen LogP contribution in [0.4, 0.5) is 0 Å². The van der Waals surface area contributed by atoms with Crippen LogP contribution >= 0.6 is 0 Å². The Balaban J connectivity index is 2.51. The third-order valence-electron chi connectivity index (χ3n) is 2.97. The van der Waals surface area contributed by atoms with Crippen molar-refractivity contribution in [2.75, 3.05) is 0 Å². The first-order chi connectivity index (χ1) is 7.52. The molecule has 2 aliphatic rings. The molecule has 1 heterocycles. The van der Waals surface area contributed by atoms with Crippen LogP contribution < -0.4 is 5.73 Å². The number of nitrogens with one attached hydrogen (secondary N) is 1. The number of allylic oxidation sites excluding steroid dienone is 2. The summed E-state index contributed by atoms with van der Waals surface area (Å²) in [6.07, 6.45) is 5.76. The Hall–Kier alpha value is -1.84. The van der Waals surface area contributed by atoms with Gasteiger partial charge in [-0.15, -0.1) is 0 Å². The number of dihydropyridines is 1. The van der Waals surface area contributed by atoms with Gasteiger partial charge in [-0.2, -0.15) is 0 Å². The quantitative estimate of drug-likeness (QED) is 0.584. The smallest absolute Gasteiger partial charge is 0.131 e. The number of hydrogen-bond donors (Lipinski definition) is 3. The topological polar surface area (TPSA) is 82.5 Å². The van der Waals surface area contributed by atoms with Gasteiger partial charge in [-0.05, 0) is 19.4 Å². The molecule has 0 bridgehead atoms. The molecule has 1 aliphatic heterocycles. The summed E-state index contributed by atoms with van der Waals surface area (Å²) in [5.41, 5.74) is 7.48. The molecule has 0 aromatic carbocycles. The van der Waals surface area contributed by atoms with Crippen LogP contribution in [0.5, 0.6) is 0 Å². The van der Waals surface area contributed by atoms with Crippen molar-refractivity contribution in [3.8, 4) is 0 Å². The molecule has 84 valence electrons. The van der Waals surface area contributed by atoms with E-state index >= 15 is 0 Å². The maximum Gasteiger partial charge on any atom is 0.131 e. The lowest BCUT2D eigenvalue weighted by Crippen LogP contribution is -2.35. The molecule has 0 aromatic rings. The minimum absolute atomic E-state index is 0.118. The summed E-state index contributed by atoms with van der Waals surface area (Å²) in [6, 6.07) is -0.118. The molecule has 4 nitrogen and oxygen atoms in total. The highest BCUT2D eigenvalue weighted by atomic mass is 16.3. The van der Waals surface area contributed by atoms with E-state index in [0.717, 1.165) is 5.57 Å². The third-order valence-corrected chi connectivity index (χ3v) is 2.97. The summed E-state index contributed by atoms with van der Waals surface area (Å²) in [6.45, 7) is 3.57. The molecule has 4 heteroatoms. The van der Waals surface area contributed by atoms with Gasteiger partial charge in [0.05, 0.1) is 17.5 Å². The number of hydrogen-bond acceptors (Lipinski definition) is 4. The SMILES string of the molecule is CC(=N)C1=C(O)C2C=CC=C(C)C2N=C1N. The van der Waals surface area contributed by atoms with Gasteiger partial charge < -0.3 is 16.2 Å². The van der Waals surface area contributed by atoms with Crippen LogP contribution in [0.2, 0.25) is 0 Å². The highest BCUT2D eigenvalue weighted by Gasteiger charge is 2.33. The summed E-state index contributed by atoms with van der Waals surface area (Å²) < 4.78 is 0. The fourth-order valence-corrected chi connectivity index (χ4v) is 2.13. The molecule has 0 aromatic heterocycles. The lowest BCUT2D eigenvalue weighted by molar-refractivity contribution is 0.335. The van der Waals surface area contributed by atoms with E-state index in [1.54, 1.807) is 6.92 Å².